The van der Waals surface area contributed by atoms with Crippen molar-refractivity contribution in [1.29, 1.82) is 0 Å². The molecule has 0 aliphatic heterocycles. The van der Waals surface area contributed by atoms with E-state index in [1.54, 1.807) is 0 Å². The Hall–Kier alpha value is -3.12. The monoisotopic (exact) mass is 336 g/mol. The summed E-state index contributed by atoms with van der Waals surface area (Å²) in [6.45, 7) is 22.5. The van der Waals surface area contributed by atoms with Gasteiger partial charge in [-0.25, -0.2) is 0 Å². The van der Waals surface area contributed by atoms with Gasteiger partial charge in [0.25, 0.3) is 0 Å². The van der Waals surface area contributed by atoms with Crippen LogP contribution in [0.4, 0.5) is 0 Å². The molecule has 1 unspecified atom stereocenters. The van der Waals surface area contributed by atoms with Gasteiger partial charge in [0.1, 0.15) is 0 Å². The van der Waals surface area contributed by atoms with Gasteiger partial charge in [-0.1, -0.05) is 99.7 Å². The van der Waals surface area contributed by atoms with Crippen molar-refractivity contribution in [3.8, 4) is 0 Å². The maximum Gasteiger partial charge on any atom is 0.0725 e. The Kier molecular flexibility index (Phi) is 4.52. The Labute approximate surface area is 157 Å². The van der Waals surface area contributed by atoms with Crippen molar-refractivity contribution in [2.45, 2.75) is 12.3 Å². The van der Waals surface area contributed by atoms with E-state index in [1.807, 2.05) is 37.3 Å². The third-order valence-electron chi connectivity index (χ3n) is 5.35. The summed E-state index contributed by atoms with van der Waals surface area (Å²) in [7, 11) is 0. The van der Waals surface area contributed by atoms with E-state index in [9.17, 15) is 0 Å². The summed E-state index contributed by atoms with van der Waals surface area (Å²) in [6, 6.07) is 8.49. The van der Waals surface area contributed by atoms with E-state index in [4.69, 9.17) is 0 Å². The van der Waals surface area contributed by atoms with Gasteiger partial charge < -0.3 is 0 Å². The van der Waals surface area contributed by atoms with Crippen LogP contribution in [0, 0.1) is 0 Å². The van der Waals surface area contributed by atoms with Crippen molar-refractivity contribution in [1.82, 2.24) is 0 Å². The fourth-order valence-corrected chi connectivity index (χ4v) is 4.52. The Bertz CT molecular complexity index is 969. The highest BCUT2D eigenvalue weighted by Gasteiger charge is 2.51. The van der Waals surface area contributed by atoms with Crippen molar-refractivity contribution < 1.29 is 0 Å². The second-order valence-electron chi connectivity index (χ2n) is 6.30. The minimum atomic E-state index is -0.455. The van der Waals surface area contributed by atoms with Crippen LogP contribution in [-0.4, -0.2) is 0 Å². The van der Waals surface area contributed by atoms with Crippen molar-refractivity contribution >= 4 is 5.57 Å². The standard InChI is InChI=1S/C26H24/c1-7-15-24-19(9-3)18(8-2)22(11-5)26(24)23(12-6)20(10-4)21-16-13-14-17-25(21)26/h7-17H,2-6H2,1H3/b15-7-. The third-order valence-corrected chi connectivity index (χ3v) is 5.35. The number of hydrogen-bond acceptors (Lipinski definition) is 0. The lowest BCUT2D eigenvalue weighted by atomic mass is 9.67. The molecule has 1 atom stereocenters. The molecule has 0 amide bonds. The highest BCUT2D eigenvalue weighted by molar-refractivity contribution is 5.94. The van der Waals surface area contributed by atoms with Crippen molar-refractivity contribution in [3.63, 3.8) is 0 Å². The van der Waals surface area contributed by atoms with E-state index in [0.29, 0.717) is 0 Å². The topological polar surface area (TPSA) is 0 Å². The molecule has 3 rings (SSSR count). The minimum Gasteiger partial charge on any atom is -0.0987 e. The smallest absolute Gasteiger partial charge is 0.0725 e. The first kappa shape index (κ1) is 17.7. The lowest BCUT2D eigenvalue weighted by Crippen LogP contribution is -2.28. The molecular weight excluding hydrogens is 312 g/mol. The zero-order valence-corrected chi connectivity index (χ0v) is 15.4. The van der Waals surface area contributed by atoms with Gasteiger partial charge in [0.15, 0.2) is 0 Å². The highest BCUT2D eigenvalue weighted by atomic mass is 14.5. The predicted molar refractivity (Wildman–Crippen MR) is 115 cm³/mol. The Morgan fingerprint density at radius 3 is 1.77 bits per heavy atom. The molecule has 1 spiro atoms. The van der Waals surface area contributed by atoms with Gasteiger partial charge in [-0.3, -0.25) is 0 Å². The average Bonchev–Trinajstić information content (AvgIpc) is 3.11. The molecule has 0 heterocycles. The SMILES string of the molecule is C=CC1=C(C=C)C2(C(C=C)=C(C=C)c3ccccc32)C(/C=C\C)=C1C=C. The van der Waals surface area contributed by atoms with Crippen molar-refractivity contribution in [2.75, 3.05) is 0 Å². The zero-order chi connectivity index (χ0) is 18.9. The molecule has 2 aliphatic rings. The lowest BCUT2D eigenvalue weighted by Gasteiger charge is -2.33. The summed E-state index contributed by atoms with van der Waals surface area (Å²) in [5, 5.41) is 0. The lowest BCUT2D eigenvalue weighted by molar-refractivity contribution is 0.772. The molecule has 1 aromatic carbocycles. The van der Waals surface area contributed by atoms with E-state index >= 15 is 0 Å². The largest absolute Gasteiger partial charge is 0.0987 e. The van der Waals surface area contributed by atoms with Crippen LogP contribution in [0.1, 0.15) is 18.1 Å². The predicted octanol–water partition coefficient (Wildman–Crippen LogP) is 6.80. The van der Waals surface area contributed by atoms with Crippen LogP contribution in [-0.2, 0) is 5.41 Å². The Morgan fingerprint density at radius 1 is 0.692 bits per heavy atom. The fourth-order valence-electron chi connectivity index (χ4n) is 4.52. The number of allylic oxidation sites excluding steroid dienone is 13. The van der Waals surface area contributed by atoms with Crippen LogP contribution >= 0.6 is 0 Å². The van der Waals surface area contributed by atoms with Crippen LogP contribution in [0.15, 0.2) is 128 Å². The summed E-state index contributed by atoms with van der Waals surface area (Å²) in [5.74, 6) is 0. The molecule has 1 aromatic rings. The molecular formula is C26H24. The van der Waals surface area contributed by atoms with Crippen LogP contribution < -0.4 is 0 Å². The molecule has 128 valence electrons. The second-order valence-corrected chi connectivity index (χ2v) is 6.30. The van der Waals surface area contributed by atoms with Crippen LogP contribution in [0.3, 0.4) is 0 Å². The van der Waals surface area contributed by atoms with Gasteiger partial charge in [0.05, 0.1) is 5.41 Å². The molecule has 0 saturated carbocycles. The van der Waals surface area contributed by atoms with Gasteiger partial charge in [-0.2, -0.15) is 0 Å². The van der Waals surface area contributed by atoms with E-state index in [0.717, 1.165) is 27.9 Å². The molecule has 2 aliphatic carbocycles. The summed E-state index contributed by atoms with van der Waals surface area (Å²) < 4.78 is 0. The summed E-state index contributed by atoms with van der Waals surface area (Å²) in [4.78, 5) is 0. The first-order chi connectivity index (χ1) is 12.7. The van der Waals surface area contributed by atoms with Gasteiger partial charge in [0.2, 0.25) is 0 Å². The number of hydrogen-bond donors (Lipinski definition) is 0. The summed E-state index contributed by atoms with van der Waals surface area (Å²) >= 11 is 0. The van der Waals surface area contributed by atoms with Gasteiger partial charge in [-0.15, -0.1) is 0 Å². The van der Waals surface area contributed by atoms with Crippen molar-refractivity contribution in [2.24, 2.45) is 0 Å². The molecule has 0 aromatic heterocycles. The molecule has 0 heteroatoms. The number of benzene rings is 1. The van der Waals surface area contributed by atoms with Gasteiger partial charge in [-0.05, 0) is 51.5 Å². The zero-order valence-electron chi connectivity index (χ0n) is 15.4. The first-order valence-corrected chi connectivity index (χ1v) is 8.76. The highest BCUT2D eigenvalue weighted by Crippen LogP contribution is 2.61. The molecule has 0 fully saturated rings. The number of fused-ring (bicyclic) bond motifs is 2. The van der Waals surface area contributed by atoms with Gasteiger partial charge >= 0.3 is 0 Å². The Balaban J connectivity index is 2.62. The maximum atomic E-state index is 4.15. The molecule has 0 radical (unpaired) electrons. The quantitative estimate of drug-likeness (QED) is 0.535. The second kappa shape index (κ2) is 6.65. The molecule has 0 nitrogen and oxygen atoms in total. The van der Waals surface area contributed by atoms with Gasteiger partial charge in [0, 0.05) is 0 Å². The Morgan fingerprint density at radius 2 is 1.23 bits per heavy atom. The third kappa shape index (κ3) is 1.96. The first-order valence-electron chi connectivity index (χ1n) is 8.76. The van der Waals surface area contributed by atoms with Crippen LogP contribution in [0.2, 0.25) is 0 Å². The van der Waals surface area contributed by atoms with E-state index < -0.39 is 5.41 Å². The molecule has 0 bridgehead atoms. The van der Waals surface area contributed by atoms with E-state index in [2.05, 4.69) is 69.3 Å². The molecule has 0 saturated heterocycles. The van der Waals surface area contributed by atoms with Crippen LogP contribution in [0.5, 0.6) is 0 Å². The minimum absolute atomic E-state index is 0.455. The van der Waals surface area contributed by atoms with E-state index in [1.165, 1.54) is 16.7 Å². The number of rotatable bonds is 6. The van der Waals surface area contributed by atoms with Crippen molar-refractivity contribution in [3.05, 3.63) is 139 Å². The van der Waals surface area contributed by atoms with E-state index in [-0.39, 0.29) is 0 Å². The summed E-state index contributed by atoms with van der Waals surface area (Å²) in [6.07, 6.45) is 13.9. The average molecular weight is 336 g/mol. The fraction of sp³-hybridized carbons (Fsp3) is 0.0769. The van der Waals surface area contributed by atoms with Crippen LogP contribution in [0.25, 0.3) is 5.57 Å². The summed E-state index contributed by atoms with van der Waals surface area (Å²) in [5.41, 5.74) is 8.67. The maximum absolute atomic E-state index is 4.15. The molecule has 0 N–H and O–H groups in total. The normalized spacial score (nSPS) is 21.6. The molecule has 26 heavy (non-hydrogen) atoms.